The van der Waals surface area contributed by atoms with Crippen molar-refractivity contribution in [1.82, 2.24) is 4.90 Å². The molecule has 0 unspecified atom stereocenters. The van der Waals surface area contributed by atoms with E-state index in [-0.39, 0.29) is 12.2 Å². The molecule has 0 aliphatic heterocycles. The van der Waals surface area contributed by atoms with E-state index in [1.807, 2.05) is 0 Å². The predicted octanol–water partition coefficient (Wildman–Crippen LogP) is 5.51. The summed E-state index contributed by atoms with van der Waals surface area (Å²) in [5.41, 5.74) is 0. The van der Waals surface area contributed by atoms with Gasteiger partial charge in [0.25, 0.3) is 10.1 Å². The van der Waals surface area contributed by atoms with Crippen LogP contribution < -0.4 is 0 Å². The van der Waals surface area contributed by atoms with Crippen LogP contribution >= 0.6 is 0 Å². The van der Waals surface area contributed by atoms with Gasteiger partial charge < -0.3 is 0 Å². The Hall–Kier alpha value is -0.550. The van der Waals surface area contributed by atoms with Gasteiger partial charge in [0.2, 0.25) is 0 Å². The highest BCUT2D eigenvalue weighted by Crippen LogP contribution is 2.33. The first-order valence-corrected chi connectivity index (χ1v) is 10.3. The van der Waals surface area contributed by atoms with Crippen LogP contribution in [0.5, 0.6) is 0 Å². The van der Waals surface area contributed by atoms with Crippen LogP contribution in [0.15, 0.2) is 0 Å². The largest absolute Gasteiger partial charge is 0.467 e. The minimum atomic E-state index is -5.40. The second-order valence-electron chi connectivity index (χ2n) is 6.26. The highest BCUT2D eigenvalue weighted by molar-refractivity contribution is 7.85. The van der Waals surface area contributed by atoms with E-state index < -0.39 is 34.2 Å². The maximum Gasteiger partial charge on any atom is 0.467 e. The van der Waals surface area contributed by atoms with Gasteiger partial charge in [-0.1, -0.05) is 57.8 Å². The first-order valence-electron chi connectivity index (χ1n) is 8.70. The molecule has 0 fully saturated rings. The van der Waals surface area contributed by atoms with Crippen molar-refractivity contribution < 1.29 is 39.3 Å². The molecule has 0 aliphatic rings. The number of halogens is 6. The standard InChI is InChI=1S/C15H27F6NO3S/c16-14(17,18)22(15(19,20)21)12-10-8-6-4-2-1-3-5-7-9-11-13-26(23,24)25/h1-13H2,(H,23,24,25). The van der Waals surface area contributed by atoms with Crippen LogP contribution in [-0.4, -0.2) is 42.8 Å². The van der Waals surface area contributed by atoms with Crippen molar-refractivity contribution >= 4 is 10.1 Å². The summed E-state index contributed by atoms with van der Waals surface area (Å²) in [6.45, 7) is -1.07. The Morgan fingerprint density at radius 2 is 0.923 bits per heavy atom. The molecule has 26 heavy (non-hydrogen) atoms. The first-order chi connectivity index (χ1) is 11.8. The lowest BCUT2D eigenvalue weighted by Gasteiger charge is -2.26. The predicted molar refractivity (Wildman–Crippen MR) is 86.0 cm³/mol. The van der Waals surface area contributed by atoms with Gasteiger partial charge in [-0.2, -0.15) is 34.8 Å². The molecule has 0 aromatic heterocycles. The van der Waals surface area contributed by atoms with Gasteiger partial charge in [0.05, 0.1) is 5.75 Å². The van der Waals surface area contributed by atoms with Crippen molar-refractivity contribution in [3.8, 4) is 0 Å². The lowest BCUT2D eigenvalue weighted by molar-refractivity contribution is -0.372. The van der Waals surface area contributed by atoms with Gasteiger partial charge in [-0.05, 0) is 12.8 Å². The molecule has 0 atom stereocenters. The lowest BCUT2D eigenvalue weighted by Crippen LogP contribution is -2.48. The van der Waals surface area contributed by atoms with E-state index in [1.54, 1.807) is 0 Å². The van der Waals surface area contributed by atoms with E-state index in [0.717, 1.165) is 38.5 Å². The molecular weight excluding hydrogens is 388 g/mol. The minimum Gasteiger partial charge on any atom is -0.286 e. The van der Waals surface area contributed by atoms with E-state index in [2.05, 4.69) is 0 Å². The van der Waals surface area contributed by atoms with E-state index in [9.17, 15) is 34.8 Å². The molecule has 0 amide bonds. The first kappa shape index (κ1) is 25.4. The number of hydrogen-bond donors (Lipinski definition) is 1. The Labute approximate surface area is 150 Å². The summed E-state index contributed by atoms with van der Waals surface area (Å²) in [7, 11) is -3.89. The molecule has 0 radical (unpaired) electrons. The number of unbranched alkanes of at least 4 members (excludes halogenated alkanes) is 10. The molecule has 1 N–H and O–H groups in total. The lowest BCUT2D eigenvalue weighted by atomic mass is 10.1. The van der Waals surface area contributed by atoms with Crippen molar-refractivity contribution in [1.29, 1.82) is 0 Å². The van der Waals surface area contributed by atoms with Gasteiger partial charge in [-0.15, -0.1) is 4.90 Å². The molecule has 0 saturated carbocycles. The zero-order valence-electron chi connectivity index (χ0n) is 14.6. The molecule has 0 saturated heterocycles. The van der Waals surface area contributed by atoms with Gasteiger partial charge in [-0.25, -0.2) is 0 Å². The summed E-state index contributed by atoms with van der Waals surface area (Å²) in [5, 5.41) is 0. The van der Waals surface area contributed by atoms with E-state index >= 15 is 0 Å². The topological polar surface area (TPSA) is 57.6 Å². The fraction of sp³-hybridized carbons (Fsp3) is 1.00. The molecule has 0 heterocycles. The van der Waals surface area contributed by atoms with Crippen molar-refractivity contribution in [2.45, 2.75) is 83.2 Å². The Morgan fingerprint density at radius 3 is 1.23 bits per heavy atom. The summed E-state index contributed by atoms with van der Waals surface area (Å²) in [5.74, 6) is -0.229. The summed E-state index contributed by atoms with van der Waals surface area (Å²) in [6.07, 6.45) is -3.62. The van der Waals surface area contributed by atoms with E-state index in [0.29, 0.717) is 25.7 Å². The monoisotopic (exact) mass is 415 g/mol. The van der Waals surface area contributed by atoms with Crippen LogP contribution in [0.2, 0.25) is 0 Å². The Kier molecular flexibility index (Phi) is 11.8. The zero-order valence-corrected chi connectivity index (χ0v) is 15.4. The zero-order chi connectivity index (χ0) is 20.3. The van der Waals surface area contributed by atoms with Gasteiger partial charge in [0, 0.05) is 6.54 Å². The normalized spacial score (nSPS) is 13.5. The van der Waals surface area contributed by atoms with Crippen LogP contribution in [-0.2, 0) is 10.1 Å². The summed E-state index contributed by atoms with van der Waals surface area (Å²) in [4.78, 5) is -1.39. The average molecular weight is 415 g/mol. The summed E-state index contributed by atoms with van der Waals surface area (Å²) >= 11 is 0. The van der Waals surface area contributed by atoms with Crippen LogP contribution in [0, 0.1) is 0 Å². The minimum absolute atomic E-state index is 0.160. The van der Waals surface area contributed by atoms with Crippen molar-refractivity contribution in [2.24, 2.45) is 0 Å². The molecule has 4 nitrogen and oxygen atoms in total. The number of hydrogen-bond acceptors (Lipinski definition) is 3. The van der Waals surface area contributed by atoms with Gasteiger partial charge in [-0.3, -0.25) is 4.55 Å². The third kappa shape index (κ3) is 14.6. The summed E-state index contributed by atoms with van der Waals surface area (Å²) in [6, 6.07) is 0. The molecule has 0 aliphatic carbocycles. The Bertz CT molecular complexity index is 451. The Morgan fingerprint density at radius 1 is 0.615 bits per heavy atom. The van der Waals surface area contributed by atoms with Gasteiger partial charge >= 0.3 is 12.6 Å². The van der Waals surface area contributed by atoms with Crippen LogP contribution in [0.25, 0.3) is 0 Å². The Balaban J connectivity index is 3.54. The smallest absolute Gasteiger partial charge is 0.286 e. The van der Waals surface area contributed by atoms with Gasteiger partial charge in [0.1, 0.15) is 0 Å². The van der Waals surface area contributed by atoms with Gasteiger partial charge in [0.15, 0.2) is 0 Å². The third-order valence-corrected chi connectivity index (χ3v) is 4.70. The van der Waals surface area contributed by atoms with Crippen molar-refractivity contribution in [2.75, 3.05) is 12.3 Å². The molecule has 0 bridgehead atoms. The van der Waals surface area contributed by atoms with Crippen LogP contribution in [0.3, 0.4) is 0 Å². The second-order valence-corrected chi connectivity index (χ2v) is 7.83. The van der Waals surface area contributed by atoms with Crippen molar-refractivity contribution in [3.63, 3.8) is 0 Å². The SMILES string of the molecule is O=S(=O)(O)CCCCCCCCCCCCCN(C(F)(F)F)C(F)(F)F. The van der Waals surface area contributed by atoms with E-state index in [1.165, 1.54) is 0 Å². The molecule has 158 valence electrons. The molecule has 11 heteroatoms. The number of rotatable bonds is 14. The molecule has 0 spiro atoms. The highest BCUT2D eigenvalue weighted by atomic mass is 32.2. The average Bonchev–Trinajstić information content (AvgIpc) is 2.43. The summed E-state index contributed by atoms with van der Waals surface area (Å²) < 4.78 is 103. The second kappa shape index (κ2) is 12.0. The van der Waals surface area contributed by atoms with E-state index in [4.69, 9.17) is 4.55 Å². The molecule has 0 rings (SSSR count). The fourth-order valence-corrected chi connectivity index (χ4v) is 3.11. The number of nitrogens with zero attached hydrogens (tertiary/aromatic N) is 1. The van der Waals surface area contributed by atoms with Crippen LogP contribution in [0.4, 0.5) is 26.3 Å². The van der Waals surface area contributed by atoms with Crippen molar-refractivity contribution in [3.05, 3.63) is 0 Å². The van der Waals surface area contributed by atoms with Crippen LogP contribution in [0.1, 0.15) is 70.6 Å². The molecular formula is C15H27F6NO3S. The highest BCUT2D eigenvalue weighted by Gasteiger charge is 2.53. The third-order valence-electron chi connectivity index (χ3n) is 3.90. The quantitative estimate of drug-likeness (QED) is 0.176. The molecule has 0 aromatic rings. The maximum absolute atomic E-state index is 12.3. The fourth-order valence-electron chi connectivity index (χ4n) is 2.54. The maximum atomic E-state index is 12.3. The number of alkyl halides is 6. The molecule has 0 aromatic carbocycles.